The smallest absolute Gasteiger partial charge is 0.175 e. The topological polar surface area (TPSA) is 92.9 Å². The number of aromatic nitrogens is 1. The van der Waals surface area contributed by atoms with Crippen molar-refractivity contribution >= 4 is 47.1 Å². The van der Waals surface area contributed by atoms with E-state index >= 15 is 0 Å². The molecule has 0 aliphatic heterocycles. The molecule has 0 fully saturated rings. The summed E-state index contributed by atoms with van der Waals surface area (Å²) in [4.78, 5) is 4.21. The number of nitrogens with one attached hydrogen (secondary N) is 2. The molecule has 9 heteroatoms. The molecule has 4 N–H and O–H groups in total. The molecule has 0 aliphatic rings. The Morgan fingerprint density at radius 3 is 2.57 bits per heavy atom. The quantitative estimate of drug-likeness (QED) is 0.355. The van der Waals surface area contributed by atoms with Gasteiger partial charge in [-0.25, -0.2) is 10.4 Å². The van der Waals surface area contributed by atoms with Gasteiger partial charge in [0.2, 0.25) is 0 Å². The van der Waals surface area contributed by atoms with Crippen LogP contribution in [0, 0.1) is 5.21 Å². The number of fused-ring (bicyclic) bond motifs is 1. The number of benzene rings is 1. The van der Waals surface area contributed by atoms with Crippen LogP contribution in [0.25, 0.3) is 10.9 Å². The number of pyridine rings is 1. The van der Waals surface area contributed by atoms with Crippen molar-refractivity contribution in [2.75, 3.05) is 32.5 Å². The lowest BCUT2D eigenvalue weighted by molar-refractivity contribution is -1.07. The summed E-state index contributed by atoms with van der Waals surface area (Å²) >= 11 is 0. The van der Waals surface area contributed by atoms with Crippen molar-refractivity contribution in [2.45, 2.75) is 6.42 Å². The summed E-state index contributed by atoms with van der Waals surface area (Å²) < 4.78 is -0.0842. The highest BCUT2D eigenvalue weighted by Crippen LogP contribution is 2.26. The Kier molecular flexibility index (Phi) is 8.71. The Hall–Kier alpha value is -1.19. The summed E-state index contributed by atoms with van der Waals surface area (Å²) in [6.45, 7) is 1.26. The SMILES string of the molecule is C[N+](C)(O)CCCNc1ccnc2cccc([NH+]([O-])O)c12.Cl.Cl. The normalized spacial score (nSPS) is 12.2. The van der Waals surface area contributed by atoms with E-state index in [1.165, 1.54) is 0 Å². The first-order chi connectivity index (χ1) is 9.88. The molecule has 130 valence electrons. The van der Waals surface area contributed by atoms with Gasteiger partial charge in [0.1, 0.15) is 6.54 Å². The van der Waals surface area contributed by atoms with E-state index in [9.17, 15) is 15.6 Å². The van der Waals surface area contributed by atoms with Gasteiger partial charge in [-0.2, -0.15) is 9.87 Å². The molecule has 1 aromatic carbocycles. The summed E-state index contributed by atoms with van der Waals surface area (Å²) in [7, 11) is 3.43. The molecular weight excluding hydrogens is 343 g/mol. The van der Waals surface area contributed by atoms with Crippen LogP contribution in [0.3, 0.4) is 0 Å². The molecule has 0 saturated heterocycles. The summed E-state index contributed by atoms with van der Waals surface area (Å²) in [5, 5.41) is 33.1. The summed E-state index contributed by atoms with van der Waals surface area (Å²) in [5.74, 6) is 0. The largest absolute Gasteiger partial charge is 0.595 e. The van der Waals surface area contributed by atoms with Crippen LogP contribution in [0.2, 0.25) is 0 Å². The number of hydrogen-bond donors (Lipinski definition) is 4. The average Bonchev–Trinajstić information content (AvgIpc) is 2.41. The van der Waals surface area contributed by atoms with Crippen LogP contribution in [0.5, 0.6) is 0 Å². The Labute approximate surface area is 147 Å². The fourth-order valence-corrected chi connectivity index (χ4v) is 2.22. The molecule has 0 bridgehead atoms. The van der Waals surface area contributed by atoms with Crippen molar-refractivity contribution in [1.29, 1.82) is 0 Å². The maximum Gasteiger partial charge on any atom is 0.175 e. The number of halogens is 2. The molecule has 1 atom stereocenters. The molecule has 0 spiro atoms. The van der Waals surface area contributed by atoms with Crippen molar-refractivity contribution in [1.82, 2.24) is 4.98 Å². The first kappa shape index (κ1) is 21.8. The van der Waals surface area contributed by atoms with Crippen LogP contribution in [0.4, 0.5) is 11.4 Å². The van der Waals surface area contributed by atoms with E-state index in [-0.39, 0.29) is 35.1 Å². The molecule has 0 amide bonds. The lowest BCUT2D eigenvalue weighted by atomic mass is 10.1. The standard InChI is InChI=1S/C14H21N4O3.2ClH/c1-18(2,21)10-4-8-15-12-7-9-16-11-5-3-6-13(14(11)12)17(19)20;;/h3,5-7,9,17,19,21H,4,8,10H2,1-2H3,(H,15,16);2*1H/q+1;;. The van der Waals surface area contributed by atoms with Crippen molar-refractivity contribution in [3.05, 3.63) is 35.7 Å². The molecule has 1 heterocycles. The zero-order valence-electron chi connectivity index (χ0n) is 13.0. The average molecular weight is 366 g/mol. The van der Waals surface area contributed by atoms with Gasteiger partial charge in [0.05, 0.1) is 30.7 Å². The molecule has 1 unspecified atom stereocenters. The van der Waals surface area contributed by atoms with Gasteiger partial charge in [-0.1, -0.05) is 6.07 Å². The zero-order chi connectivity index (χ0) is 15.5. The highest BCUT2D eigenvalue weighted by molar-refractivity contribution is 5.98. The van der Waals surface area contributed by atoms with E-state index in [2.05, 4.69) is 10.3 Å². The van der Waals surface area contributed by atoms with Gasteiger partial charge < -0.3 is 10.5 Å². The van der Waals surface area contributed by atoms with Gasteiger partial charge in [-0.15, -0.1) is 24.8 Å². The molecule has 0 saturated carbocycles. The van der Waals surface area contributed by atoms with Gasteiger partial charge in [0.15, 0.2) is 5.69 Å². The molecule has 23 heavy (non-hydrogen) atoms. The third kappa shape index (κ3) is 6.08. The number of hydroxylamine groups is 3. The third-order valence-electron chi connectivity index (χ3n) is 3.19. The minimum absolute atomic E-state index is 0. The van der Waals surface area contributed by atoms with Crippen LogP contribution < -0.4 is 10.5 Å². The number of anilines is 1. The van der Waals surface area contributed by atoms with Gasteiger partial charge in [-0.05, 0) is 12.1 Å². The number of rotatable bonds is 6. The Morgan fingerprint density at radius 2 is 1.96 bits per heavy atom. The minimum atomic E-state index is -0.968. The lowest BCUT2D eigenvalue weighted by Gasteiger charge is -2.20. The minimum Gasteiger partial charge on any atom is -0.595 e. The highest BCUT2D eigenvalue weighted by Gasteiger charge is 2.13. The summed E-state index contributed by atoms with van der Waals surface area (Å²) in [6, 6.07) is 6.83. The Balaban J connectivity index is 0.00000242. The van der Waals surface area contributed by atoms with Gasteiger partial charge >= 0.3 is 0 Å². The van der Waals surface area contributed by atoms with E-state index < -0.39 is 5.23 Å². The van der Waals surface area contributed by atoms with Crippen molar-refractivity contribution < 1.29 is 20.3 Å². The van der Waals surface area contributed by atoms with Gasteiger partial charge in [0, 0.05) is 25.2 Å². The van der Waals surface area contributed by atoms with Crippen molar-refractivity contribution in [3.8, 4) is 0 Å². The third-order valence-corrected chi connectivity index (χ3v) is 3.19. The van der Waals surface area contributed by atoms with Crippen LogP contribution >= 0.6 is 24.8 Å². The van der Waals surface area contributed by atoms with E-state index in [0.717, 1.165) is 12.1 Å². The van der Waals surface area contributed by atoms with Crippen molar-refractivity contribution in [2.24, 2.45) is 0 Å². The second-order valence-corrected chi connectivity index (χ2v) is 5.49. The molecular formula is C14H23Cl2N4O3+. The van der Waals surface area contributed by atoms with Crippen LogP contribution in [0.15, 0.2) is 30.5 Å². The number of hydrogen-bond acceptors (Lipinski definition) is 5. The molecule has 7 nitrogen and oxygen atoms in total. The second-order valence-electron chi connectivity index (χ2n) is 5.49. The maximum atomic E-state index is 11.3. The lowest BCUT2D eigenvalue weighted by Crippen LogP contribution is -2.99. The number of nitrogens with zero attached hydrogens (tertiary/aromatic N) is 2. The van der Waals surface area contributed by atoms with Crippen LogP contribution in [-0.4, -0.2) is 47.2 Å². The Morgan fingerprint density at radius 1 is 1.26 bits per heavy atom. The summed E-state index contributed by atoms with van der Waals surface area (Å²) in [6.07, 6.45) is 2.42. The first-order valence-corrected chi connectivity index (χ1v) is 6.79. The predicted molar refractivity (Wildman–Crippen MR) is 93.9 cm³/mol. The molecule has 0 aliphatic carbocycles. The van der Waals surface area contributed by atoms with E-state index in [4.69, 9.17) is 0 Å². The molecule has 2 rings (SSSR count). The van der Waals surface area contributed by atoms with E-state index in [1.807, 2.05) is 0 Å². The van der Waals surface area contributed by atoms with Crippen molar-refractivity contribution in [3.63, 3.8) is 0 Å². The van der Waals surface area contributed by atoms with Crippen LogP contribution in [0.1, 0.15) is 6.42 Å². The molecule has 0 radical (unpaired) electrons. The summed E-state index contributed by atoms with van der Waals surface area (Å²) in [5.41, 5.74) is 1.64. The monoisotopic (exact) mass is 365 g/mol. The van der Waals surface area contributed by atoms with E-state index in [0.29, 0.717) is 24.0 Å². The fourth-order valence-electron chi connectivity index (χ4n) is 2.22. The molecule has 1 aromatic heterocycles. The molecule has 2 aromatic rings. The second kappa shape index (κ2) is 9.19. The highest BCUT2D eigenvalue weighted by atomic mass is 35.5. The van der Waals surface area contributed by atoms with E-state index in [1.54, 1.807) is 44.6 Å². The number of quaternary nitrogens is 2. The fraction of sp³-hybridized carbons (Fsp3) is 0.357. The Bertz CT molecular complexity index is 615. The maximum absolute atomic E-state index is 11.3. The van der Waals surface area contributed by atoms with Crippen LogP contribution in [-0.2, 0) is 0 Å². The zero-order valence-corrected chi connectivity index (χ0v) is 14.7. The van der Waals surface area contributed by atoms with Gasteiger partial charge in [-0.3, -0.25) is 4.98 Å². The van der Waals surface area contributed by atoms with Gasteiger partial charge in [0.25, 0.3) is 0 Å². The predicted octanol–water partition coefficient (Wildman–Crippen LogP) is 1.75. The first-order valence-electron chi connectivity index (χ1n) is 6.79.